The van der Waals surface area contributed by atoms with Gasteiger partial charge < -0.3 is 5.32 Å². The van der Waals surface area contributed by atoms with E-state index in [-0.39, 0.29) is 12.0 Å². The molecule has 8 nitrogen and oxygen atoms in total. The fourth-order valence-electron chi connectivity index (χ4n) is 2.72. The summed E-state index contributed by atoms with van der Waals surface area (Å²) < 4.78 is 79.0. The molecule has 2 amide bonds. The summed E-state index contributed by atoms with van der Waals surface area (Å²) in [5.74, 6) is -1.72. The van der Waals surface area contributed by atoms with Gasteiger partial charge in [-0.25, -0.2) is 9.67 Å². The SMILES string of the molecule is CN[C@@H](C(=O)NNC(=O)/C=C\n1cnc(-c2cc(C(F)(F)F)cc(C(F)(F)F)c2)n1)C(C)C. The molecule has 0 saturated carbocycles. The van der Waals surface area contributed by atoms with E-state index in [1.807, 2.05) is 0 Å². The third-order valence-corrected chi connectivity index (χ3v) is 4.30. The molecule has 1 aromatic heterocycles. The number of nitrogens with one attached hydrogen (secondary N) is 3. The van der Waals surface area contributed by atoms with E-state index >= 15 is 0 Å². The Balaban J connectivity index is 2.16. The van der Waals surface area contributed by atoms with Crippen molar-refractivity contribution in [2.45, 2.75) is 32.2 Å². The van der Waals surface area contributed by atoms with Gasteiger partial charge in [-0.15, -0.1) is 5.10 Å². The first-order valence-electron chi connectivity index (χ1n) is 9.38. The predicted octanol–water partition coefficient (Wildman–Crippen LogP) is 2.84. The Kier molecular flexibility index (Phi) is 7.84. The third-order valence-electron chi connectivity index (χ3n) is 4.30. The van der Waals surface area contributed by atoms with Crippen LogP contribution in [0.5, 0.6) is 0 Å². The number of carbonyl (C=O) groups is 2. The van der Waals surface area contributed by atoms with Crippen LogP contribution in [-0.4, -0.2) is 39.7 Å². The zero-order valence-corrected chi connectivity index (χ0v) is 17.5. The summed E-state index contributed by atoms with van der Waals surface area (Å²) in [5.41, 5.74) is 0.830. The number of halogens is 6. The van der Waals surface area contributed by atoms with Crippen molar-refractivity contribution in [2.24, 2.45) is 5.92 Å². The van der Waals surface area contributed by atoms with Gasteiger partial charge in [-0.05, 0) is 31.2 Å². The van der Waals surface area contributed by atoms with Crippen LogP contribution in [0.3, 0.4) is 0 Å². The Bertz CT molecular complexity index is 996. The first-order chi connectivity index (χ1) is 15.2. The van der Waals surface area contributed by atoms with Gasteiger partial charge in [0.05, 0.1) is 17.2 Å². The molecule has 0 aliphatic rings. The monoisotopic (exact) mass is 478 g/mol. The summed E-state index contributed by atoms with van der Waals surface area (Å²) >= 11 is 0. The molecule has 180 valence electrons. The van der Waals surface area contributed by atoms with Crippen molar-refractivity contribution in [3.8, 4) is 11.4 Å². The molecule has 0 saturated heterocycles. The normalized spacial score (nSPS) is 13.4. The highest BCUT2D eigenvalue weighted by atomic mass is 19.4. The second-order valence-corrected chi connectivity index (χ2v) is 7.15. The van der Waals surface area contributed by atoms with Crippen molar-refractivity contribution < 1.29 is 35.9 Å². The van der Waals surface area contributed by atoms with Crippen LogP contribution in [0, 0.1) is 5.92 Å². The number of alkyl halides is 6. The van der Waals surface area contributed by atoms with E-state index in [0.717, 1.165) is 23.3 Å². The number of amides is 2. The van der Waals surface area contributed by atoms with Crippen LogP contribution in [0.2, 0.25) is 0 Å². The number of hydrogen-bond acceptors (Lipinski definition) is 5. The van der Waals surface area contributed by atoms with Crippen LogP contribution in [0.4, 0.5) is 26.3 Å². The molecular weight excluding hydrogens is 458 g/mol. The Morgan fingerprint density at radius 3 is 2.06 bits per heavy atom. The maximum atomic E-state index is 13.0. The van der Waals surface area contributed by atoms with E-state index in [1.54, 1.807) is 20.9 Å². The summed E-state index contributed by atoms with van der Waals surface area (Å²) in [4.78, 5) is 27.5. The molecule has 1 atom stereocenters. The van der Waals surface area contributed by atoms with Crippen LogP contribution in [0.15, 0.2) is 30.6 Å². The van der Waals surface area contributed by atoms with Crippen molar-refractivity contribution in [1.29, 1.82) is 0 Å². The van der Waals surface area contributed by atoms with Crippen molar-refractivity contribution in [3.05, 3.63) is 41.7 Å². The lowest BCUT2D eigenvalue weighted by Crippen LogP contribution is -2.51. The number of benzene rings is 1. The molecule has 0 spiro atoms. The van der Waals surface area contributed by atoms with E-state index in [4.69, 9.17) is 0 Å². The zero-order chi connectivity index (χ0) is 25.0. The molecule has 1 aromatic carbocycles. The van der Waals surface area contributed by atoms with Gasteiger partial charge in [-0.1, -0.05) is 13.8 Å². The van der Waals surface area contributed by atoms with Crippen molar-refractivity contribution in [3.63, 3.8) is 0 Å². The Labute approximate surface area is 184 Å². The second-order valence-electron chi connectivity index (χ2n) is 7.15. The lowest BCUT2D eigenvalue weighted by molar-refractivity contribution is -0.143. The minimum atomic E-state index is -5.01. The molecule has 2 aromatic rings. The Morgan fingerprint density at radius 1 is 1.00 bits per heavy atom. The van der Waals surface area contributed by atoms with E-state index in [9.17, 15) is 35.9 Å². The van der Waals surface area contributed by atoms with Gasteiger partial charge in [0, 0.05) is 17.8 Å². The van der Waals surface area contributed by atoms with Gasteiger partial charge in [-0.3, -0.25) is 20.4 Å². The van der Waals surface area contributed by atoms with Crippen LogP contribution in [0.25, 0.3) is 17.6 Å². The lowest BCUT2D eigenvalue weighted by atomic mass is 10.0. The van der Waals surface area contributed by atoms with Crippen LogP contribution < -0.4 is 16.2 Å². The summed E-state index contributed by atoms with van der Waals surface area (Å²) in [5, 5.41) is 6.55. The smallest absolute Gasteiger partial charge is 0.309 e. The minimum Gasteiger partial charge on any atom is -0.309 e. The number of nitrogens with zero attached hydrogens (tertiary/aromatic N) is 3. The van der Waals surface area contributed by atoms with E-state index in [0.29, 0.717) is 12.1 Å². The molecule has 33 heavy (non-hydrogen) atoms. The fraction of sp³-hybridized carbons (Fsp3) is 0.368. The largest absolute Gasteiger partial charge is 0.416 e. The van der Waals surface area contributed by atoms with Crippen molar-refractivity contribution >= 4 is 18.0 Å². The number of hydrazine groups is 1. The average molecular weight is 478 g/mol. The third kappa shape index (κ3) is 7.03. The number of carbonyl (C=O) groups excluding carboxylic acids is 2. The lowest BCUT2D eigenvalue weighted by Gasteiger charge is -2.19. The van der Waals surface area contributed by atoms with Crippen LogP contribution in [0.1, 0.15) is 25.0 Å². The van der Waals surface area contributed by atoms with Gasteiger partial charge in [-0.2, -0.15) is 26.3 Å². The first kappa shape index (κ1) is 25.8. The molecule has 0 unspecified atom stereocenters. The highest BCUT2D eigenvalue weighted by Gasteiger charge is 2.37. The fourth-order valence-corrected chi connectivity index (χ4v) is 2.72. The summed E-state index contributed by atoms with van der Waals surface area (Å²) in [6.45, 7) is 3.60. The predicted molar refractivity (Wildman–Crippen MR) is 105 cm³/mol. The first-order valence-corrected chi connectivity index (χ1v) is 9.38. The Morgan fingerprint density at radius 2 is 1.58 bits per heavy atom. The molecule has 3 N–H and O–H groups in total. The van der Waals surface area contributed by atoms with Crippen molar-refractivity contribution in [2.75, 3.05) is 7.05 Å². The number of hydrogen-bond donors (Lipinski definition) is 3. The number of likely N-dealkylation sites (N-methyl/N-ethyl adjacent to an activating group) is 1. The Hall–Kier alpha value is -3.42. The highest BCUT2D eigenvalue weighted by molar-refractivity contribution is 5.92. The highest BCUT2D eigenvalue weighted by Crippen LogP contribution is 2.38. The molecule has 0 radical (unpaired) electrons. The van der Waals surface area contributed by atoms with Gasteiger partial charge in [0.2, 0.25) is 0 Å². The van der Waals surface area contributed by atoms with Gasteiger partial charge in [0.1, 0.15) is 6.33 Å². The molecule has 0 bridgehead atoms. The summed E-state index contributed by atoms with van der Waals surface area (Å²) in [7, 11) is 1.58. The molecule has 0 aliphatic heterocycles. The average Bonchev–Trinajstić information content (AvgIpc) is 3.18. The maximum absolute atomic E-state index is 13.0. The maximum Gasteiger partial charge on any atom is 0.416 e. The minimum absolute atomic E-state index is 0.00304. The standard InChI is InChI=1S/C19H20F6N6O2/c1-10(2)15(26-3)17(33)29-28-14(32)4-5-31-9-27-16(30-31)11-6-12(18(20,21)22)8-13(7-11)19(23,24)25/h4-10,15,26H,1-3H3,(H,28,32)(H,29,33)/b5-4-/t15-/m1/s1. The molecule has 0 fully saturated rings. The molecule has 1 heterocycles. The number of aromatic nitrogens is 3. The summed E-state index contributed by atoms with van der Waals surface area (Å²) in [6, 6.07) is 0.430. The molecule has 0 aliphatic carbocycles. The second kappa shape index (κ2) is 10.0. The zero-order valence-electron chi connectivity index (χ0n) is 17.5. The summed E-state index contributed by atoms with van der Waals surface area (Å²) in [6.07, 6.45) is -7.06. The quantitative estimate of drug-likeness (QED) is 0.337. The van der Waals surface area contributed by atoms with E-state index in [1.165, 1.54) is 0 Å². The van der Waals surface area contributed by atoms with Gasteiger partial charge in [0.15, 0.2) is 5.82 Å². The molecule has 2 rings (SSSR count). The van der Waals surface area contributed by atoms with Crippen molar-refractivity contribution in [1.82, 2.24) is 30.9 Å². The van der Waals surface area contributed by atoms with E-state index < -0.39 is 52.7 Å². The van der Waals surface area contributed by atoms with Crippen LogP contribution in [-0.2, 0) is 21.9 Å². The topological polar surface area (TPSA) is 101 Å². The molecular formula is C19H20F6N6O2. The van der Waals surface area contributed by atoms with Gasteiger partial charge in [0.25, 0.3) is 11.8 Å². The van der Waals surface area contributed by atoms with Gasteiger partial charge >= 0.3 is 12.4 Å². The van der Waals surface area contributed by atoms with E-state index in [2.05, 4.69) is 26.3 Å². The van der Waals surface area contributed by atoms with Crippen LogP contribution >= 0.6 is 0 Å². The number of rotatable bonds is 6. The molecule has 14 heteroatoms.